The molecule has 1 heterocycles. The lowest BCUT2D eigenvalue weighted by molar-refractivity contribution is 0.383. The maximum Gasteiger partial charge on any atom is 0.228 e. The Bertz CT molecular complexity index is 471. The number of halogens is 1. The predicted octanol–water partition coefficient (Wildman–Crippen LogP) is 2.53. The van der Waals surface area contributed by atoms with Crippen LogP contribution in [0.4, 0.5) is 0 Å². The Hall–Kier alpha value is -1.55. The van der Waals surface area contributed by atoms with Crippen molar-refractivity contribution in [2.24, 2.45) is 0 Å². The van der Waals surface area contributed by atoms with Crippen molar-refractivity contribution in [3.05, 3.63) is 30.2 Å². The second-order valence-corrected chi connectivity index (χ2v) is 3.56. The van der Waals surface area contributed by atoms with Crippen molar-refractivity contribution in [2.45, 2.75) is 6.42 Å². The first kappa shape index (κ1) is 11.0. The third kappa shape index (κ3) is 2.33. The fraction of sp³-hybridized carbons (Fsp3) is 0.273. The lowest BCUT2D eigenvalue weighted by atomic mass is 10.2. The number of nitrogens with zero attached hydrogens (tertiary/aromatic N) is 2. The van der Waals surface area contributed by atoms with Crippen LogP contribution in [0.3, 0.4) is 0 Å². The Morgan fingerprint density at radius 1 is 1.44 bits per heavy atom. The van der Waals surface area contributed by atoms with Crippen LogP contribution in [0.1, 0.15) is 5.89 Å². The maximum absolute atomic E-state index is 5.59. The van der Waals surface area contributed by atoms with Gasteiger partial charge in [-0.15, -0.1) is 11.6 Å². The minimum atomic E-state index is 0.472. The smallest absolute Gasteiger partial charge is 0.228 e. The van der Waals surface area contributed by atoms with E-state index in [-0.39, 0.29) is 0 Å². The Labute approximate surface area is 98.2 Å². The van der Waals surface area contributed by atoms with Crippen LogP contribution in [0.15, 0.2) is 28.8 Å². The standard InChI is InChI=1S/C11H11ClN2O2/c1-15-9-4-2-3-8(7-9)11-13-10(5-6-12)16-14-11/h2-4,7H,5-6H2,1H3. The molecule has 0 spiro atoms. The molecule has 1 aromatic carbocycles. The Balaban J connectivity index is 2.27. The summed E-state index contributed by atoms with van der Waals surface area (Å²) in [6, 6.07) is 7.50. The van der Waals surface area contributed by atoms with Crippen LogP contribution in [-0.2, 0) is 6.42 Å². The molecule has 0 atom stereocenters. The highest BCUT2D eigenvalue weighted by Crippen LogP contribution is 2.21. The Morgan fingerprint density at radius 2 is 2.31 bits per heavy atom. The first-order valence-electron chi connectivity index (χ1n) is 4.86. The van der Waals surface area contributed by atoms with Gasteiger partial charge in [-0.25, -0.2) is 0 Å². The molecule has 0 aliphatic heterocycles. The number of aromatic nitrogens is 2. The monoisotopic (exact) mass is 238 g/mol. The second-order valence-electron chi connectivity index (χ2n) is 3.18. The molecule has 0 fully saturated rings. The average Bonchev–Trinajstić information content (AvgIpc) is 2.78. The fourth-order valence-electron chi connectivity index (χ4n) is 1.32. The number of aryl methyl sites for hydroxylation is 1. The first-order chi connectivity index (χ1) is 7.83. The van der Waals surface area contributed by atoms with E-state index in [1.165, 1.54) is 0 Å². The number of benzene rings is 1. The summed E-state index contributed by atoms with van der Waals surface area (Å²) in [6.45, 7) is 0. The molecule has 0 N–H and O–H groups in total. The summed E-state index contributed by atoms with van der Waals surface area (Å²) in [5.74, 6) is 2.34. The van der Waals surface area contributed by atoms with Gasteiger partial charge >= 0.3 is 0 Å². The van der Waals surface area contributed by atoms with Gasteiger partial charge in [-0.2, -0.15) is 4.98 Å². The van der Waals surface area contributed by atoms with Crippen LogP contribution in [0.2, 0.25) is 0 Å². The molecule has 0 saturated heterocycles. The van der Waals surface area contributed by atoms with Crippen molar-refractivity contribution in [3.8, 4) is 17.1 Å². The molecule has 0 saturated carbocycles. The highest BCUT2D eigenvalue weighted by Gasteiger charge is 2.08. The lowest BCUT2D eigenvalue weighted by Crippen LogP contribution is -1.87. The van der Waals surface area contributed by atoms with Gasteiger partial charge in [0.25, 0.3) is 0 Å². The van der Waals surface area contributed by atoms with Gasteiger partial charge in [-0.1, -0.05) is 17.3 Å². The zero-order valence-corrected chi connectivity index (χ0v) is 9.57. The van der Waals surface area contributed by atoms with E-state index < -0.39 is 0 Å². The largest absolute Gasteiger partial charge is 0.497 e. The number of alkyl halides is 1. The molecule has 2 aromatic rings. The fourth-order valence-corrected chi connectivity index (χ4v) is 1.48. The van der Waals surface area contributed by atoms with Crippen molar-refractivity contribution in [1.82, 2.24) is 10.1 Å². The van der Waals surface area contributed by atoms with E-state index >= 15 is 0 Å². The zero-order valence-electron chi connectivity index (χ0n) is 8.81. The summed E-state index contributed by atoms with van der Waals surface area (Å²) >= 11 is 5.59. The molecule has 0 bridgehead atoms. The number of methoxy groups -OCH3 is 1. The quantitative estimate of drug-likeness (QED) is 0.768. The van der Waals surface area contributed by atoms with Crippen molar-refractivity contribution in [2.75, 3.05) is 13.0 Å². The van der Waals surface area contributed by atoms with Crippen LogP contribution < -0.4 is 4.74 Å². The Morgan fingerprint density at radius 3 is 3.06 bits per heavy atom. The second kappa shape index (κ2) is 4.99. The number of rotatable bonds is 4. The van der Waals surface area contributed by atoms with E-state index in [4.69, 9.17) is 20.9 Å². The number of hydrogen-bond donors (Lipinski definition) is 0. The molecule has 0 unspecified atom stereocenters. The lowest BCUT2D eigenvalue weighted by Gasteiger charge is -1.99. The molecule has 2 rings (SSSR count). The van der Waals surface area contributed by atoms with E-state index in [0.717, 1.165) is 11.3 Å². The summed E-state index contributed by atoms with van der Waals surface area (Å²) < 4.78 is 10.2. The molecule has 4 nitrogen and oxygen atoms in total. The van der Waals surface area contributed by atoms with Gasteiger partial charge < -0.3 is 9.26 Å². The normalized spacial score (nSPS) is 10.4. The third-order valence-corrected chi connectivity index (χ3v) is 2.29. The third-order valence-electron chi connectivity index (χ3n) is 2.10. The van der Waals surface area contributed by atoms with Crippen molar-refractivity contribution < 1.29 is 9.26 Å². The highest BCUT2D eigenvalue weighted by molar-refractivity contribution is 6.17. The molecule has 0 radical (unpaired) electrons. The van der Waals surface area contributed by atoms with Gasteiger partial charge in [0.1, 0.15) is 5.75 Å². The van der Waals surface area contributed by atoms with Crippen LogP contribution in [0.5, 0.6) is 5.75 Å². The summed E-state index contributed by atoms with van der Waals surface area (Å²) in [7, 11) is 1.62. The highest BCUT2D eigenvalue weighted by atomic mass is 35.5. The molecular formula is C11H11ClN2O2. The van der Waals surface area contributed by atoms with Gasteiger partial charge in [0.2, 0.25) is 11.7 Å². The van der Waals surface area contributed by atoms with E-state index in [9.17, 15) is 0 Å². The van der Waals surface area contributed by atoms with Crippen molar-refractivity contribution in [3.63, 3.8) is 0 Å². The maximum atomic E-state index is 5.59. The molecule has 1 aromatic heterocycles. The van der Waals surface area contributed by atoms with Gasteiger partial charge in [0, 0.05) is 17.9 Å². The van der Waals surface area contributed by atoms with Crippen LogP contribution >= 0.6 is 11.6 Å². The van der Waals surface area contributed by atoms with E-state index in [2.05, 4.69) is 10.1 Å². The van der Waals surface area contributed by atoms with Crippen LogP contribution in [0.25, 0.3) is 11.4 Å². The minimum Gasteiger partial charge on any atom is -0.497 e. The molecule has 5 heteroatoms. The Kier molecular flexibility index (Phi) is 3.41. The minimum absolute atomic E-state index is 0.472. The van der Waals surface area contributed by atoms with Crippen molar-refractivity contribution in [1.29, 1.82) is 0 Å². The van der Waals surface area contributed by atoms with E-state index in [1.807, 2.05) is 24.3 Å². The average molecular weight is 239 g/mol. The van der Waals surface area contributed by atoms with Gasteiger partial charge in [-0.05, 0) is 12.1 Å². The SMILES string of the molecule is COc1cccc(-c2noc(CCCl)n2)c1. The summed E-state index contributed by atoms with van der Waals surface area (Å²) in [5, 5.41) is 3.88. The molecule has 0 amide bonds. The molecule has 0 aliphatic carbocycles. The number of hydrogen-bond acceptors (Lipinski definition) is 4. The molecule has 0 aliphatic rings. The summed E-state index contributed by atoms with van der Waals surface area (Å²) in [6.07, 6.45) is 0.582. The summed E-state index contributed by atoms with van der Waals surface area (Å²) in [5.41, 5.74) is 0.865. The summed E-state index contributed by atoms with van der Waals surface area (Å²) in [4.78, 5) is 4.23. The van der Waals surface area contributed by atoms with Gasteiger partial charge in [-0.3, -0.25) is 0 Å². The van der Waals surface area contributed by atoms with Crippen LogP contribution in [-0.4, -0.2) is 23.1 Å². The van der Waals surface area contributed by atoms with Crippen LogP contribution in [0, 0.1) is 0 Å². The molecular weight excluding hydrogens is 228 g/mol. The topological polar surface area (TPSA) is 48.2 Å². The first-order valence-corrected chi connectivity index (χ1v) is 5.40. The van der Waals surface area contributed by atoms with E-state index in [0.29, 0.717) is 24.0 Å². The van der Waals surface area contributed by atoms with Crippen molar-refractivity contribution >= 4 is 11.6 Å². The zero-order chi connectivity index (χ0) is 11.4. The predicted molar refractivity (Wildman–Crippen MR) is 60.7 cm³/mol. The van der Waals surface area contributed by atoms with E-state index in [1.54, 1.807) is 7.11 Å². The number of ether oxygens (including phenoxy) is 1. The van der Waals surface area contributed by atoms with Gasteiger partial charge in [0.15, 0.2) is 0 Å². The molecule has 16 heavy (non-hydrogen) atoms. The van der Waals surface area contributed by atoms with Gasteiger partial charge in [0.05, 0.1) is 7.11 Å². The molecule has 84 valence electrons.